The monoisotopic (exact) mass is 182 g/mol. The van der Waals surface area contributed by atoms with E-state index in [0.717, 1.165) is 11.3 Å². The van der Waals surface area contributed by atoms with Crippen LogP contribution >= 0.6 is 11.6 Å². The fraction of sp³-hybridized carbons (Fsp3) is 0.200. The first-order valence-electron chi connectivity index (χ1n) is 3.74. The van der Waals surface area contributed by atoms with E-state index in [1.807, 2.05) is 36.4 Å². The molecule has 0 spiro atoms. The molecule has 0 radical (unpaired) electrons. The van der Waals surface area contributed by atoms with Crippen molar-refractivity contribution < 1.29 is 4.74 Å². The molecule has 0 aliphatic carbocycles. The molecule has 0 N–H and O–H groups in total. The third kappa shape index (κ3) is 2.28. The van der Waals surface area contributed by atoms with Crippen LogP contribution in [-0.4, -0.2) is 13.0 Å². The summed E-state index contributed by atoms with van der Waals surface area (Å²) in [5, 5.41) is 0. The summed E-state index contributed by atoms with van der Waals surface area (Å²) in [7, 11) is 1.66. The number of halogens is 1. The Hall–Kier alpha value is -0.950. The van der Waals surface area contributed by atoms with Gasteiger partial charge in [0.25, 0.3) is 0 Å². The summed E-state index contributed by atoms with van der Waals surface area (Å²) in [5.74, 6) is 1.40. The molecule has 0 aliphatic heterocycles. The average Bonchev–Trinajstić information content (AvgIpc) is 2.15. The molecule has 0 atom stereocenters. The zero-order valence-electron chi connectivity index (χ0n) is 6.96. The highest BCUT2D eigenvalue weighted by Crippen LogP contribution is 2.18. The Labute approximate surface area is 77.6 Å². The molecule has 1 aromatic rings. The summed E-state index contributed by atoms with van der Waals surface area (Å²) < 4.78 is 5.15. The summed E-state index contributed by atoms with van der Waals surface area (Å²) in [6.45, 7) is 0. The van der Waals surface area contributed by atoms with Gasteiger partial charge in [0.1, 0.15) is 5.75 Å². The van der Waals surface area contributed by atoms with Crippen molar-refractivity contribution in [3.8, 4) is 5.75 Å². The fourth-order valence-corrected chi connectivity index (χ4v) is 1.06. The van der Waals surface area contributed by atoms with E-state index in [4.69, 9.17) is 16.3 Å². The molecule has 2 heteroatoms. The highest BCUT2D eigenvalue weighted by molar-refractivity contribution is 6.19. The maximum absolute atomic E-state index is 5.52. The lowest BCUT2D eigenvalue weighted by Gasteiger charge is -2.02. The van der Waals surface area contributed by atoms with Crippen LogP contribution in [0, 0.1) is 0 Å². The second kappa shape index (κ2) is 4.83. The molecular weight excluding hydrogens is 172 g/mol. The van der Waals surface area contributed by atoms with Gasteiger partial charge in [-0.25, -0.2) is 0 Å². The third-order valence-electron chi connectivity index (χ3n) is 1.53. The Morgan fingerprint density at radius 1 is 1.42 bits per heavy atom. The number of hydrogen-bond acceptors (Lipinski definition) is 1. The normalized spacial score (nSPS) is 10.5. The van der Waals surface area contributed by atoms with E-state index in [9.17, 15) is 0 Å². The van der Waals surface area contributed by atoms with Crippen LogP contribution in [0.1, 0.15) is 5.56 Å². The second-order valence-electron chi connectivity index (χ2n) is 2.30. The van der Waals surface area contributed by atoms with Crippen LogP contribution in [0.3, 0.4) is 0 Å². The van der Waals surface area contributed by atoms with Crippen molar-refractivity contribution in [3.63, 3.8) is 0 Å². The van der Waals surface area contributed by atoms with Gasteiger partial charge >= 0.3 is 0 Å². The van der Waals surface area contributed by atoms with E-state index in [2.05, 4.69) is 0 Å². The van der Waals surface area contributed by atoms with Crippen molar-refractivity contribution in [3.05, 3.63) is 35.9 Å². The summed E-state index contributed by atoms with van der Waals surface area (Å²) in [6.07, 6.45) is 3.84. The van der Waals surface area contributed by atoms with Crippen molar-refractivity contribution in [2.45, 2.75) is 0 Å². The Morgan fingerprint density at radius 3 is 2.83 bits per heavy atom. The number of ether oxygens (including phenoxy) is 1. The van der Waals surface area contributed by atoms with Gasteiger partial charge in [-0.15, -0.1) is 11.6 Å². The highest BCUT2D eigenvalue weighted by atomic mass is 35.5. The van der Waals surface area contributed by atoms with Gasteiger partial charge < -0.3 is 4.74 Å². The lowest BCUT2D eigenvalue weighted by Crippen LogP contribution is -1.85. The smallest absolute Gasteiger partial charge is 0.126 e. The number of para-hydroxylation sites is 1. The Bertz CT molecular complexity index is 268. The molecule has 0 saturated heterocycles. The minimum Gasteiger partial charge on any atom is -0.496 e. The molecule has 1 rings (SSSR count). The van der Waals surface area contributed by atoms with E-state index >= 15 is 0 Å². The summed E-state index contributed by atoms with van der Waals surface area (Å²) in [6, 6.07) is 7.82. The van der Waals surface area contributed by atoms with Gasteiger partial charge in [0.05, 0.1) is 7.11 Å². The zero-order valence-corrected chi connectivity index (χ0v) is 7.71. The van der Waals surface area contributed by atoms with Crippen LogP contribution < -0.4 is 4.74 Å². The number of methoxy groups -OCH3 is 1. The van der Waals surface area contributed by atoms with Gasteiger partial charge in [-0.1, -0.05) is 30.4 Å². The van der Waals surface area contributed by atoms with Crippen LogP contribution in [0.25, 0.3) is 6.08 Å². The molecule has 0 saturated carbocycles. The topological polar surface area (TPSA) is 9.23 Å². The van der Waals surface area contributed by atoms with Gasteiger partial charge in [0, 0.05) is 11.4 Å². The van der Waals surface area contributed by atoms with E-state index in [0.29, 0.717) is 5.88 Å². The van der Waals surface area contributed by atoms with Crippen LogP contribution in [0.15, 0.2) is 30.3 Å². The van der Waals surface area contributed by atoms with E-state index in [-0.39, 0.29) is 0 Å². The maximum Gasteiger partial charge on any atom is 0.126 e. The molecule has 0 bridgehead atoms. The van der Waals surface area contributed by atoms with Gasteiger partial charge in [0.15, 0.2) is 0 Å². The van der Waals surface area contributed by atoms with Gasteiger partial charge in [0.2, 0.25) is 0 Å². The third-order valence-corrected chi connectivity index (χ3v) is 1.70. The molecule has 0 aliphatic rings. The first-order chi connectivity index (χ1) is 5.88. The first-order valence-corrected chi connectivity index (χ1v) is 4.27. The molecule has 0 fully saturated rings. The molecule has 0 amide bonds. The SMILES string of the molecule is COc1ccccc1C=CCCl. The minimum atomic E-state index is 0.526. The quantitative estimate of drug-likeness (QED) is 0.654. The standard InChI is InChI=1S/C10H11ClO/c1-12-10-7-3-2-5-9(10)6-4-8-11/h2-7H,8H2,1H3. The summed E-state index contributed by atoms with van der Waals surface area (Å²) >= 11 is 5.52. The van der Waals surface area contributed by atoms with Crippen molar-refractivity contribution in [1.29, 1.82) is 0 Å². The van der Waals surface area contributed by atoms with Crippen molar-refractivity contribution >= 4 is 17.7 Å². The predicted octanol–water partition coefficient (Wildman–Crippen LogP) is 2.95. The number of rotatable bonds is 3. The molecule has 0 heterocycles. The fourth-order valence-electron chi connectivity index (χ4n) is 0.976. The minimum absolute atomic E-state index is 0.526. The van der Waals surface area contributed by atoms with Crippen molar-refractivity contribution in [2.24, 2.45) is 0 Å². The Balaban J connectivity index is 2.89. The summed E-state index contributed by atoms with van der Waals surface area (Å²) in [5.41, 5.74) is 1.06. The highest BCUT2D eigenvalue weighted by Gasteiger charge is 1.94. The van der Waals surface area contributed by atoms with Crippen LogP contribution in [0.2, 0.25) is 0 Å². The molecule has 64 valence electrons. The molecule has 0 unspecified atom stereocenters. The summed E-state index contributed by atoms with van der Waals surface area (Å²) in [4.78, 5) is 0. The van der Waals surface area contributed by atoms with E-state index in [1.54, 1.807) is 7.11 Å². The molecule has 1 aromatic carbocycles. The number of benzene rings is 1. The maximum atomic E-state index is 5.52. The van der Waals surface area contributed by atoms with E-state index in [1.165, 1.54) is 0 Å². The van der Waals surface area contributed by atoms with Crippen LogP contribution in [-0.2, 0) is 0 Å². The van der Waals surface area contributed by atoms with Crippen LogP contribution in [0.5, 0.6) is 5.75 Å². The van der Waals surface area contributed by atoms with Gasteiger partial charge in [-0.3, -0.25) is 0 Å². The van der Waals surface area contributed by atoms with Crippen molar-refractivity contribution in [1.82, 2.24) is 0 Å². The van der Waals surface area contributed by atoms with Crippen LogP contribution in [0.4, 0.5) is 0 Å². The zero-order chi connectivity index (χ0) is 8.81. The van der Waals surface area contributed by atoms with Gasteiger partial charge in [-0.05, 0) is 6.07 Å². The van der Waals surface area contributed by atoms with Crippen molar-refractivity contribution in [2.75, 3.05) is 13.0 Å². The number of allylic oxidation sites excluding steroid dienone is 1. The molecule has 12 heavy (non-hydrogen) atoms. The predicted molar refractivity (Wildman–Crippen MR) is 52.7 cm³/mol. The Morgan fingerprint density at radius 2 is 2.17 bits per heavy atom. The lowest BCUT2D eigenvalue weighted by molar-refractivity contribution is 0.414. The first kappa shape index (κ1) is 9.14. The van der Waals surface area contributed by atoms with E-state index < -0.39 is 0 Å². The molecule has 0 aromatic heterocycles. The molecular formula is C10H11ClO. The second-order valence-corrected chi connectivity index (χ2v) is 2.61. The number of hydrogen-bond donors (Lipinski definition) is 0. The number of alkyl halides is 1. The molecule has 1 nitrogen and oxygen atoms in total. The largest absolute Gasteiger partial charge is 0.496 e. The lowest BCUT2D eigenvalue weighted by atomic mass is 10.2. The average molecular weight is 183 g/mol. The van der Waals surface area contributed by atoms with Gasteiger partial charge in [-0.2, -0.15) is 0 Å². The Kier molecular flexibility index (Phi) is 3.68.